The monoisotopic (exact) mass is 387 g/mol. The van der Waals surface area contributed by atoms with Crippen molar-refractivity contribution in [2.75, 3.05) is 16.8 Å². The number of hydrogen-bond acceptors (Lipinski definition) is 3. The lowest BCUT2D eigenvalue weighted by Gasteiger charge is -2.30. The Morgan fingerprint density at radius 1 is 1.36 bits per heavy atom. The van der Waals surface area contributed by atoms with E-state index >= 15 is 0 Å². The van der Waals surface area contributed by atoms with Crippen LogP contribution in [0.4, 0.5) is 20.3 Å². The first-order chi connectivity index (χ1) is 10.5. The summed E-state index contributed by atoms with van der Waals surface area (Å²) in [6, 6.07) is 3.73. The third kappa shape index (κ3) is 2.78. The van der Waals surface area contributed by atoms with Gasteiger partial charge in [0, 0.05) is 22.8 Å². The molecule has 3 rings (SSSR count). The molecule has 1 aromatic carbocycles. The zero-order valence-corrected chi connectivity index (χ0v) is 13.4. The molecule has 2 heterocycles. The van der Waals surface area contributed by atoms with E-state index < -0.39 is 11.6 Å². The second-order valence-electron chi connectivity index (χ2n) is 4.75. The van der Waals surface area contributed by atoms with Crippen molar-refractivity contribution in [3.63, 3.8) is 0 Å². The number of anilines is 2. The molecule has 1 aliphatic heterocycles. The van der Waals surface area contributed by atoms with Gasteiger partial charge in [0.1, 0.15) is 11.6 Å². The van der Waals surface area contributed by atoms with Crippen LogP contribution in [-0.2, 0) is 11.3 Å². The van der Waals surface area contributed by atoms with Crippen molar-refractivity contribution in [2.45, 2.75) is 6.54 Å². The highest BCUT2D eigenvalue weighted by molar-refractivity contribution is 9.10. The van der Waals surface area contributed by atoms with E-state index in [1.54, 1.807) is 17.2 Å². The molecule has 0 aliphatic carbocycles. The number of benzene rings is 1. The number of aromatic nitrogens is 1. The molecule has 0 unspecified atom stereocenters. The smallest absolute Gasteiger partial charge is 0.245 e. The fourth-order valence-electron chi connectivity index (χ4n) is 2.24. The van der Waals surface area contributed by atoms with Gasteiger partial charge in [-0.15, -0.1) is 0 Å². The van der Waals surface area contributed by atoms with Crippen LogP contribution in [0.25, 0.3) is 0 Å². The highest BCUT2D eigenvalue weighted by atomic mass is 79.9. The number of nitrogens with one attached hydrogen (secondary N) is 1. The van der Waals surface area contributed by atoms with Gasteiger partial charge in [0.25, 0.3) is 0 Å². The number of amides is 1. The Hall–Kier alpha value is -1.73. The van der Waals surface area contributed by atoms with Crippen LogP contribution < -0.4 is 10.2 Å². The number of hydrogen-bond donors (Lipinski definition) is 1. The lowest BCUT2D eigenvalue weighted by atomic mass is 10.1. The Morgan fingerprint density at radius 3 is 2.86 bits per heavy atom. The molecule has 0 spiro atoms. The van der Waals surface area contributed by atoms with Gasteiger partial charge in [-0.3, -0.25) is 4.79 Å². The second-order valence-corrected chi connectivity index (χ2v) is 6.04. The summed E-state index contributed by atoms with van der Waals surface area (Å²) in [5.74, 6) is -1.24. The van der Waals surface area contributed by atoms with Gasteiger partial charge < -0.3 is 10.2 Å². The molecular weight excluding hydrogens is 380 g/mol. The van der Waals surface area contributed by atoms with E-state index in [4.69, 9.17) is 11.6 Å². The van der Waals surface area contributed by atoms with Crippen LogP contribution in [0.3, 0.4) is 0 Å². The minimum absolute atomic E-state index is 0.00212. The van der Waals surface area contributed by atoms with Crippen LogP contribution in [0, 0.1) is 11.6 Å². The van der Waals surface area contributed by atoms with Gasteiger partial charge in [0.05, 0.1) is 17.3 Å². The quantitative estimate of drug-likeness (QED) is 0.797. The van der Waals surface area contributed by atoms with Crippen LogP contribution in [-0.4, -0.2) is 17.4 Å². The van der Waals surface area contributed by atoms with E-state index in [0.29, 0.717) is 16.0 Å². The predicted molar refractivity (Wildman–Crippen MR) is 83.0 cm³/mol. The molecule has 114 valence electrons. The maximum absolute atomic E-state index is 13.9. The zero-order valence-electron chi connectivity index (χ0n) is 11.0. The molecule has 22 heavy (non-hydrogen) atoms. The molecule has 1 amide bonds. The zero-order chi connectivity index (χ0) is 15.9. The lowest BCUT2D eigenvalue weighted by Crippen LogP contribution is -2.38. The van der Waals surface area contributed by atoms with Crippen LogP contribution in [0.2, 0.25) is 5.02 Å². The normalized spacial score (nSPS) is 13.8. The molecule has 1 aromatic heterocycles. The molecule has 8 heteroatoms. The van der Waals surface area contributed by atoms with Crippen molar-refractivity contribution >= 4 is 44.9 Å². The van der Waals surface area contributed by atoms with Crippen LogP contribution in [0.5, 0.6) is 0 Å². The van der Waals surface area contributed by atoms with Gasteiger partial charge in [-0.1, -0.05) is 11.6 Å². The topological polar surface area (TPSA) is 45.2 Å². The van der Waals surface area contributed by atoms with Crippen molar-refractivity contribution in [2.24, 2.45) is 0 Å². The first-order valence-electron chi connectivity index (χ1n) is 6.28. The predicted octanol–water partition coefficient (Wildman–Crippen LogP) is 3.73. The average Bonchev–Trinajstić information content (AvgIpc) is 2.48. The Morgan fingerprint density at radius 2 is 2.09 bits per heavy atom. The fourth-order valence-corrected chi connectivity index (χ4v) is 2.77. The summed E-state index contributed by atoms with van der Waals surface area (Å²) in [5, 5.41) is 2.35. The van der Waals surface area contributed by atoms with E-state index in [0.717, 1.165) is 12.1 Å². The first kappa shape index (κ1) is 15.2. The van der Waals surface area contributed by atoms with Gasteiger partial charge in [-0.25, -0.2) is 13.8 Å². The molecule has 0 saturated carbocycles. The third-order valence-electron chi connectivity index (χ3n) is 3.26. The lowest BCUT2D eigenvalue weighted by molar-refractivity contribution is -0.115. The standard InChI is InChI=1S/C14H9BrClF2N3O/c15-7-3-11-14(19-4-7)20-12(22)6-21(11)5-8-9(17)1-2-10(18)13(8)16/h1-4H,5-6H2,(H,19,20,22). The molecular formula is C14H9BrClF2N3O. The molecule has 1 N–H and O–H groups in total. The Bertz CT molecular complexity index is 772. The van der Waals surface area contributed by atoms with E-state index in [1.807, 2.05) is 0 Å². The summed E-state index contributed by atoms with van der Waals surface area (Å²) >= 11 is 9.14. The summed E-state index contributed by atoms with van der Waals surface area (Å²) < 4.78 is 28.2. The molecule has 1 aliphatic rings. The first-order valence-corrected chi connectivity index (χ1v) is 7.45. The maximum Gasteiger partial charge on any atom is 0.245 e. The van der Waals surface area contributed by atoms with E-state index in [1.165, 1.54) is 0 Å². The van der Waals surface area contributed by atoms with Gasteiger partial charge in [0.15, 0.2) is 5.82 Å². The summed E-state index contributed by atoms with van der Waals surface area (Å²) in [5.41, 5.74) is 0.607. The fraction of sp³-hybridized carbons (Fsp3) is 0.143. The number of carbonyl (C=O) groups excluding carboxylic acids is 1. The number of carbonyl (C=O) groups is 1. The van der Waals surface area contributed by atoms with Gasteiger partial charge in [-0.2, -0.15) is 0 Å². The largest absolute Gasteiger partial charge is 0.355 e. The highest BCUT2D eigenvalue weighted by Crippen LogP contribution is 2.33. The summed E-state index contributed by atoms with van der Waals surface area (Å²) in [4.78, 5) is 17.4. The minimum atomic E-state index is -0.702. The van der Waals surface area contributed by atoms with Crippen LogP contribution in [0.1, 0.15) is 5.56 Å². The van der Waals surface area contributed by atoms with Crippen molar-refractivity contribution in [3.8, 4) is 0 Å². The molecule has 4 nitrogen and oxygen atoms in total. The number of nitrogens with zero attached hydrogens (tertiary/aromatic N) is 2. The van der Waals surface area contributed by atoms with Gasteiger partial charge >= 0.3 is 0 Å². The van der Waals surface area contributed by atoms with Crippen molar-refractivity contribution in [3.05, 3.63) is 51.1 Å². The maximum atomic E-state index is 13.9. The molecule has 0 atom stereocenters. The third-order valence-corrected chi connectivity index (χ3v) is 4.10. The molecule has 0 saturated heterocycles. The minimum Gasteiger partial charge on any atom is -0.355 e. The molecule has 0 radical (unpaired) electrons. The molecule has 2 aromatic rings. The number of halogens is 4. The summed E-state index contributed by atoms with van der Waals surface area (Å²) in [7, 11) is 0. The van der Waals surface area contributed by atoms with Gasteiger partial charge in [0.2, 0.25) is 5.91 Å². The van der Waals surface area contributed by atoms with E-state index in [9.17, 15) is 13.6 Å². The van der Waals surface area contributed by atoms with E-state index in [-0.39, 0.29) is 29.6 Å². The molecule has 0 fully saturated rings. The number of rotatable bonds is 2. The van der Waals surface area contributed by atoms with Gasteiger partial charge in [-0.05, 0) is 34.1 Å². The Balaban J connectivity index is 2.02. The highest BCUT2D eigenvalue weighted by Gasteiger charge is 2.25. The summed E-state index contributed by atoms with van der Waals surface area (Å²) in [6.07, 6.45) is 1.54. The van der Waals surface area contributed by atoms with Crippen molar-refractivity contribution < 1.29 is 13.6 Å². The average molecular weight is 389 g/mol. The van der Waals surface area contributed by atoms with Crippen molar-refractivity contribution in [1.29, 1.82) is 0 Å². The number of pyridine rings is 1. The SMILES string of the molecule is O=C1CN(Cc2c(F)ccc(F)c2Cl)c2cc(Br)cnc2N1. The number of fused-ring (bicyclic) bond motifs is 1. The molecule has 0 bridgehead atoms. The van der Waals surface area contributed by atoms with Crippen LogP contribution >= 0.6 is 27.5 Å². The Kier molecular flexibility index (Phi) is 4.01. The van der Waals surface area contributed by atoms with Crippen LogP contribution in [0.15, 0.2) is 28.9 Å². The van der Waals surface area contributed by atoms with Crippen molar-refractivity contribution in [1.82, 2.24) is 4.98 Å². The summed E-state index contributed by atoms with van der Waals surface area (Å²) in [6.45, 7) is -0.0433. The Labute approximate surface area is 138 Å². The van der Waals surface area contributed by atoms with E-state index in [2.05, 4.69) is 26.2 Å². The second kappa shape index (κ2) is 5.81.